The summed E-state index contributed by atoms with van der Waals surface area (Å²) < 4.78 is 33.6. The lowest BCUT2D eigenvalue weighted by atomic mass is 9.94. The van der Waals surface area contributed by atoms with Gasteiger partial charge in [0, 0.05) is 5.70 Å². The number of benzene rings is 2. The molecule has 5 rings (SSSR count). The van der Waals surface area contributed by atoms with Crippen molar-refractivity contribution in [2.75, 3.05) is 4.90 Å². The summed E-state index contributed by atoms with van der Waals surface area (Å²) in [4.78, 5) is 7.23. The molecule has 4 aromatic rings. The first-order valence-corrected chi connectivity index (χ1v) is 11.4. The number of aromatic nitrogens is 2. The lowest BCUT2D eigenvalue weighted by molar-refractivity contribution is 0.404. The Hall–Kier alpha value is -3.43. The molecule has 0 bridgehead atoms. The molecule has 0 fully saturated rings. The summed E-state index contributed by atoms with van der Waals surface area (Å²) in [6.45, 7) is 3.57. The molecule has 0 aliphatic carbocycles. The van der Waals surface area contributed by atoms with E-state index in [1.807, 2.05) is 24.4 Å². The fraction of sp³-hybridized carbons (Fsp3) is 0.125. The van der Waals surface area contributed by atoms with E-state index in [0.717, 1.165) is 10.4 Å². The van der Waals surface area contributed by atoms with Gasteiger partial charge in [-0.15, -0.1) is 11.3 Å². The predicted molar refractivity (Wildman–Crippen MR) is 129 cm³/mol. The maximum atomic E-state index is 14.4. The van der Waals surface area contributed by atoms with E-state index < -0.39 is 6.04 Å². The van der Waals surface area contributed by atoms with Crippen LogP contribution in [0.5, 0.6) is 0 Å². The predicted octanol–water partition coefficient (Wildman–Crippen LogP) is 6.25. The van der Waals surface area contributed by atoms with Crippen LogP contribution in [-0.4, -0.2) is 15.3 Å². The minimum atomic E-state index is -0.457. The summed E-state index contributed by atoms with van der Waals surface area (Å²) in [5.41, 5.74) is 3.27. The fourth-order valence-corrected chi connectivity index (χ4v) is 4.81. The number of rotatable bonds is 4. The van der Waals surface area contributed by atoms with E-state index >= 15 is 0 Å². The van der Waals surface area contributed by atoms with E-state index in [9.17, 15) is 8.78 Å². The topological polar surface area (TPSA) is 54.2 Å². The zero-order valence-corrected chi connectivity index (χ0v) is 19.3. The van der Waals surface area contributed by atoms with Gasteiger partial charge in [-0.3, -0.25) is 4.90 Å². The second-order valence-electron chi connectivity index (χ2n) is 7.60. The summed E-state index contributed by atoms with van der Waals surface area (Å²) in [7, 11) is 0. The van der Waals surface area contributed by atoms with Crippen molar-refractivity contribution in [1.82, 2.24) is 15.5 Å². The van der Waals surface area contributed by atoms with Crippen molar-refractivity contribution in [2.24, 2.45) is 0 Å². The van der Waals surface area contributed by atoms with Crippen molar-refractivity contribution < 1.29 is 13.3 Å². The van der Waals surface area contributed by atoms with Gasteiger partial charge in [0.05, 0.1) is 22.2 Å². The SMILES string of the molecule is CC1=C(c2nc(-c3cccs3)no2)C(c2ccc(F)cc2)NC(=S)N1c1ccc(C)c(F)c1. The van der Waals surface area contributed by atoms with Gasteiger partial charge in [-0.05, 0) is 72.9 Å². The number of hydrogen-bond acceptors (Lipinski definition) is 5. The first kappa shape index (κ1) is 21.4. The Bertz CT molecular complexity index is 1360. The van der Waals surface area contributed by atoms with Crippen LogP contribution in [0.2, 0.25) is 0 Å². The molecular weight excluding hydrogens is 462 g/mol. The molecule has 33 heavy (non-hydrogen) atoms. The molecule has 0 amide bonds. The smallest absolute Gasteiger partial charge is 0.258 e. The minimum absolute atomic E-state index is 0.304. The molecule has 166 valence electrons. The molecule has 1 aliphatic rings. The van der Waals surface area contributed by atoms with Gasteiger partial charge < -0.3 is 9.84 Å². The number of nitrogens with zero attached hydrogens (tertiary/aromatic N) is 3. The highest BCUT2D eigenvalue weighted by Gasteiger charge is 2.35. The van der Waals surface area contributed by atoms with E-state index in [1.54, 1.807) is 36.1 Å². The summed E-state index contributed by atoms with van der Waals surface area (Å²) >= 11 is 7.16. The number of thiocarbonyl (C=S) groups is 1. The molecule has 3 heterocycles. The summed E-state index contributed by atoms with van der Waals surface area (Å²) in [5, 5.41) is 9.75. The van der Waals surface area contributed by atoms with Crippen molar-refractivity contribution in [3.63, 3.8) is 0 Å². The Labute approximate surface area is 198 Å². The average molecular weight is 481 g/mol. The van der Waals surface area contributed by atoms with E-state index in [1.165, 1.54) is 29.5 Å². The zero-order chi connectivity index (χ0) is 23.1. The van der Waals surface area contributed by atoms with E-state index in [0.29, 0.717) is 39.3 Å². The van der Waals surface area contributed by atoms with Gasteiger partial charge in [0.25, 0.3) is 5.89 Å². The van der Waals surface area contributed by atoms with Crippen LogP contribution in [0.3, 0.4) is 0 Å². The molecule has 2 aromatic heterocycles. The van der Waals surface area contributed by atoms with Crippen LogP contribution in [0.4, 0.5) is 14.5 Å². The Morgan fingerprint density at radius 2 is 1.88 bits per heavy atom. The Morgan fingerprint density at radius 1 is 1.09 bits per heavy atom. The maximum absolute atomic E-state index is 14.4. The van der Waals surface area contributed by atoms with Crippen LogP contribution < -0.4 is 10.2 Å². The zero-order valence-electron chi connectivity index (χ0n) is 17.7. The number of nitrogens with one attached hydrogen (secondary N) is 1. The highest BCUT2D eigenvalue weighted by molar-refractivity contribution is 7.80. The largest absolute Gasteiger partial charge is 0.351 e. The van der Waals surface area contributed by atoms with E-state index in [2.05, 4.69) is 15.5 Å². The number of thiophene rings is 1. The molecule has 1 atom stereocenters. The van der Waals surface area contributed by atoms with Gasteiger partial charge in [0.1, 0.15) is 11.6 Å². The van der Waals surface area contributed by atoms with Crippen molar-refractivity contribution in [1.29, 1.82) is 0 Å². The number of hydrogen-bond donors (Lipinski definition) is 1. The van der Waals surface area contributed by atoms with Crippen molar-refractivity contribution >= 4 is 39.9 Å². The highest BCUT2D eigenvalue weighted by atomic mass is 32.1. The van der Waals surface area contributed by atoms with E-state index in [-0.39, 0.29) is 11.6 Å². The van der Waals surface area contributed by atoms with Gasteiger partial charge >= 0.3 is 0 Å². The molecule has 1 unspecified atom stereocenters. The molecule has 9 heteroatoms. The Morgan fingerprint density at radius 3 is 2.58 bits per heavy atom. The molecule has 1 N–H and O–H groups in total. The number of halogens is 2. The molecule has 0 saturated heterocycles. The highest BCUT2D eigenvalue weighted by Crippen LogP contribution is 2.39. The van der Waals surface area contributed by atoms with Crippen LogP contribution in [-0.2, 0) is 0 Å². The van der Waals surface area contributed by atoms with Crippen LogP contribution in [0.25, 0.3) is 16.3 Å². The second kappa shape index (κ2) is 8.49. The average Bonchev–Trinajstić information content (AvgIpc) is 3.48. The second-order valence-corrected chi connectivity index (χ2v) is 8.94. The van der Waals surface area contributed by atoms with Crippen LogP contribution in [0.1, 0.15) is 30.0 Å². The molecule has 0 radical (unpaired) electrons. The van der Waals surface area contributed by atoms with Gasteiger partial charge in [-0.2, -0.15) is 4.98 Å². The van der Waals surface area contributed by atoms with Crippen molar-refractivity contribution in [3.8, 4) is 10.7 Å². The lowest BCUT2D eigenvalue weighted by Crippen LogP contribution is -2.46. The van der Waals surface area contributed by atoms with E-state index in [4.69, 9.17) is 16.7 Å². The normalized spacial score (nSPS) is 16.3. The quantitative estimate of drug-likeness (QED) is 0.349. The molecule has 0 spiro atoms. The van der Waals surface area contributed by atoms with Gasteiger partial charge in [0.15, 0.2) is 5.11 Å². The summed E-state index contributed by atoms with van der Waals surface area (Å²) in [6.07, 6.45) is 0. The fourth-order valence-electron chi connectivity index (χ4n) is 3.80. The number of aryl methyl sites for hydroxylation is 1. The number of allylic oxidation sites excluding steroid dienone is 1. The van der Waals surface area contributed by atoms with Gasteiger partial charge in [-0.25, -0.2) is 8.78 Å². The molecule has 0 saturated carbocycles. The lowest BCUT2D eigenvalue weighted by Gasteiger charge is -2.37. The monoisotopic (exact) mass is 480 g/mol. The van der Waals surface area contributed by atoms with Crippen molar-refractivity contribution in [3.05, 3.63) is 94.3 Å². The van der Waals surface area contributed by atoms with Crippen LogP contribution >= 0.6 is 23.6 Å². The minimum Gasteiger partial charge on any atom is -0.351 e. The first-order valence-electron chi connectivity index (χ1n) is 10.1. The summed E-state index contributed by atoms with van der Waals surface area (Å²) in [5.74, 6) is 0.106. The van der Waals surface area contributed by atoms with Crippen LogP contribution in [0, 0.1) is 18.6 Å². The molecular formula is C24H18F2N4OS2. The number of anilines is 1. The Balaban J connectivity index is 1.67. The van der Waals surface area contributed by atoms with Crippen molar-refractivity contribution in [2.45, 2.75) is 19.9 Å². The summed E-state index contributed by atoms with van der Waals surface area (Å²) in [6, 6.07) is 14.4. The molecule has 1 aliphatic heterocycles. The first-order chi connectivity index (χ1) is 15.9. The molecule has 5 nitrogen and oxygen atoms in total. The van der Waals surface area contributed by atoms with Crippen LogP contribution in [0.15, 0.2) is 70.2 Å². The standard InChI is InChI=1S/C24H18F2N4OS2/c1-13-5-10-17(12-18(13)26)30-14(2)20(23-28-22(29-31-23)19-4-3-11-33-19)21(27-24(30)32)15-6-8-16(25)9-7-15/h3-12,21H,1-2H3,(H,27,32). The third-order valence-corrected chi connectivity index (χ3v) is 6.67. The third kappa shape index (κ3) is 3.94. The Kier molecular flexibility index (Phi) is 5.51. The maximum Gasteiger partial charge on any atom is 0.258 e. The van der Waals surface area contributed by atoms with Gasteiger partial charge in [0.2, 0.25) is 5.82 Å². The third-order valence-electron chi connectivity index (χ3n) is 5.50. The molecule has 2 aromatic carbocycles. The van der Waals surface area contributed by atoms with Gasteiger partial charge in [-0.1, -0.05) is 29.4 Å².